The van der Waals surface area contributed by atoms with Gasteiger partial charge in [0.1, 0.15) is 13.0 Å². The number of hydrogen-bond donors (Lipinski definition) is 2. The molecule has 2 aromatic rings. The van der Waals surface area contributed by atoms with Gasteiger partial charge in [0, 0.05) is 5.69 Å². The Balaban J connectivity index is 1.93. The third-order valence-electron chi connectivity index (χ3n) is 3.48. The molecule has 2 aromatic carbocycles. The fourth-order valence-corrected chi connectivity index (χ4v) is 3.08. The average molecular weight is 513 g/mol. The minimum atomic E-state index is -0.594. The van der Waals surface area contributed by atoms with Gasteiger partial charge in [-0.25, -0.2) is 5.43 Å². The third kappa shape index (κ3) is 6.95. The van der Waals surface area contributed by atoms with E-state index in [0.717, 1.165) is 0 Å². The highest BCUT2D eigenvalue weighted by Gasteiger charge is 2.12. The van der Waals surface area contributed by atoms with Crippen LogP contribution >= 0.6 is 39.1 Å². The van der Waals surface area contributed by atoms with Crippen molar-refractivity contribution in [2.24, 2.45) is 5.10 Å². The van der Waals surface area contributed by atoms with Gasteiger partial charge >= 0.3 is 0 Å². The van der Waals surface area contributed by atoms with Crippen LogP contribution in [0, 0.1) is 12.3 Å². The molecular weight excluding hydrogens is 497 g/mol. The van der Waals surface area contributed by atoms with E-state index in [-0.39, 0.29) is 6.61 Å². The van der Waals surface area contributed by atoms with E-state index in [1.54, 1.807) is 24.3 Å². The maximum absolute atomic E-state index is 12.0. The summed E-state index contributed by atoms with van der Waals surface area (Å²) in [5, 5.41) is 7.05. The van der Waals surface area contributed by atoms with Gasteiger partial charge in [-0.15, -0.1) is 6.42 Å². The normalized spacial score (nSPS) is 10.4. The molecule has 0 atom stereocenters. The van der Waals surface area contributed by atoms with E-state index in [1.165, 1.54) is 19.4 Å². The molecule has 0 spiro atoms. The number of hydrazone groups is 1. The van der Waals surface area contributed by atoms with Gasteiger partial charge in [-0.05, 0) is 51.8 Å². The van der Waals surface area contributed by atoms with E-state index < -0.39 is 18.2 Å². The molecule has 0 aliphatic carbocycles. The molecule has 2 rings (SSSR count). The number of nitrogens with one attached hydrogen (secondary N) is 2. The quantitative estimate of drug-likeness (QED) is 0.239. The molecule has 10 heteroatoms. The molecule has 0 aliphatic rings. The van der Waals surface area contributed by atoms with Crippen LogP contribution in [0.4, 0.5) is 5.69 Å². The molecule has 2 N–H and O–H groups in total. The van der Waals surface area contributed by atoms with Crippen LogP contribution in [-0.4, -0.2) is 31.7 Å². The van der Waals surface area contributed by atoms with Crippen molar-refractivity contribution in [3.05, 3.63) is 50.4 Å². The van der Waals surface area contributed by atoms with E-state index in [1.807, 2.05) is 0 Å². The van der Waals surface area contributed by atoms with Gasteiger partial charge in [0.2, 0.25) is 11.8 Å². The summed E-state index contributed by atoms with van der Waals surface area (Å²) < 4.78 is 11.3. The van der Waals surface area contributed by atoms with Crippen LogP contribution in [0.5, 0.6) is 11.5 Å². The maximum Gasteiger partial charge on any atom is 0.249 e. The van der Waals surface area contributed by atoms with Crippen LogP contribution in [0.1, 0.15) is 12.0 Å². The number of halogens is 3. The van der Waals surface area contributed by atoms with Crippen LogP contribution in [0.3, 0.4) is 0 Å². The molecule has 30 heavy (non-hydrogen) atoms. The number of anilines is 1. The lowest BCUT2D eigenvalue weighted by Crippen LogP contribution is -2.24. The van der Waals surface area contributed by atoms with Crippen molar-refractivity contribution < 1.29 is 19.1 Å². The fourth-order valence-electron chi connectivity index (χ4n) is 2.21. The molecule has 0 aromatic heterocycles. The van der Waals surface area contributed by atoms with Gasteiger partial charge in [-0.1, -0.05) is 29.1 Å². The molecule has 0 unspecified atom stereocenters. The number of nitrogens with zero attached hydrogens (tertiary/aromatic N) is 1. The van der Waals surface area contributed by atoms with Gasteiger partial charge in [0.15, 0.2) is 11.5 Å². The highest BCUT2D eigenvalue weighted by molar-refractivity contribution is 9.10. The number of methoxy groups -OCH3 is 1. The summed E-state index contributed by atoms with van der Waals surface area (Å²) in [6, 6.07) is 7.97. The minimum absolute atomic E-state index is 0.0861. The Labute approximate surface area is 191 Å². The summed E-state index contributed by atoms with van der Waals surface area (Å²) in [4.78, 5) is 23.9. The second kappa shape index (κ2) is 11.5. The molecule has 0 saturated heterocycles. The number of carbonyl (C=O) groups is 2. The van der Waals surface area contributed by atoms with E-state index in [2.05, 4.69) is 37.7 Å². The fraction of sp³-hybridized carbons (Fsp3) is 0.150. The number of carbonyl (C=O) groups excluding carboxylic acids is 2. The summed E-state index contributed by atoms with van der Waals surface area (Å²) in [7, 11) is 1.49. The first kappa shape index (κ1) is 23.5. The van der Waals surface area contributed by atoms with Crippen molar-refractivity contribution in [1.82, 2.24) is 5.43 Å². The largest absolute Gasteiger partial charge is 0.493 e. The first-order chi connectivity index (χ1) is 14.3. The number of benzene rings is 2. The first-order valence-electron chi connectivity index (χ1n) is 8.34. The minimum Gasteiger partial charge on any atom is -0.493 e. The highest BCUT2D eigenvalue weighted by atomic mass is 79.9. The molecule has 0 aliphatic heterocycles. The zero-order chi connectivity index (χ0) is 22.1. The highest BCUT2D eigenvalue weighted by Crippen LogP contribution is 2.36. The van der Waals surface area contributed by atoms with E-state index in [0.29, 0.717) is 37.3 Å². The number of ether oxygens (including phenoxy) is 2. The van der Waals surface area contributed by atoms with Crippen LogP contribution in [-0.2, 0) is 9.59 Å². The Morgan fingerprint density at radius 3 is 2.67 bits per heavy atom. The smallest absolute Gasteiger partial charge is 0.249 e. The third-order valence-corrected chi connectivity index (χ3v) is 4.81. The molecule has 2 amide bonds. The van der Waals surface area contributed by atoms with Gasteiger partial charge < -0.3 is 14.8 Å². The lowest BCUT2D eigenvalue weighted by Gasteiger charge is -2.11. The van der Waals surface area contributed by atoms with E-state index >= 15 is 0 Å². The summed E-state index contributed by atoms with van der Waals surface area (Å²) in [6.45, 7) is 0.0861. The van der Waals surface area contributed by atoms with Gasteiger partial charge in [-0.3, -0.25) is 9.59 Å². The van der Waals surface area contributed by atoms with E-state index in [4.69, 9.17) is 39.1 Å². The zero-order valence-electron chi connectivity index (χ0n) is 15.7. The number of hydrogen-bond acceptors (Lipinski definition) is 5. The summed E-state index contributed by atoms with van der Waals surface area (Å²) in [5.41, 5.74) is 3.33. The van der Waals surface area contributed by atoms with Crippen LogP contribution < -0.4 is 20.2 Å². The van der Waals surface area contributed by atoms with Crippen molar-refractivity contribution in [3.63, 3.8) is 0 Å². The molecule has 0 fully saturated rings. The second-order valence-corrected chi connectivity index (χ2v) is 7.34. The van der Waals surface area contributed by atoms with Crippen molar-refractivity contribution >= 4 is 62.8 Å². The van der Waals surface area contributed by atoms with Crippen LogP contribution in [0.25, 0.3) is 0 Å². The monoisotopic (exact) mass is 511 g/mol. The lowest BCUT2D eigenvalue weighted by molar-refractivity contribution is -0.126. The summed E-state index contributed by atoms with van der Waals surface area (Å²) in [5.74, 6) is 2.15. The molecule has 7 nitrogen and oxygen atoms in total. The Hall–Kier alpha value is -2.73. The number of amides is 2. The van der Waals surface area contributed by atoms with Crippen LogP contribution in [0.2, 0.25) is 10.0 Å². The first-order valence-corrected chi connectivity index (χ1v) is 9.89. The molecule has 0 heterocycles. The van der Waals surface area contributed by atoms with Crippen molar-refractivity contribution in [2.75, 3.05) is 19.0 Å². The lowest BCUT2D eigenvalue weighted by atomic mass is 10.2. The van der Waals surface area contributed by atoms with Crippen molar-refractivity contribution in [1.29, 1.82) is 0 Å². The summed E-state index contributed by atoms with van der Waals surface area (Å²) in [6.07, 6.45) is 6.17. The number of rotatable bonds is 8. The predicted octanol–water partition coefficient (Wildman–Crippen LogP) is 4.26. The number of terminal acetylenes is 1. The summed E-state index contributed by atoms with van der Waals surface area (Å²) >= 11 is 15.1. The average Bonchev–Trinajstić information content (AvgIpc) is 2.69. The zero-order valence-corrected chi connectivity index (χ0v) is 18.8. The Morgan fingerprint density at radius 1 is 1.23 bits per heavy atom. The van der Waals surface area contributed by atoms with Gasteiger partial charge in [-0.2, -0.15) is 5.10 Å². The standard InChI is InChI=1S/C20H16BrCl2N3O4/c1-3-6-30-20-14(21)7-12(8-17(20)29-2)11-24-26-19(28)10-18(27)25-13-4-5-15(22)16(23)9-13/h1,4-5,7-9,11H,6,10H2,2H3,(H,25,27)(H,26,28). The van der Waals surface area contributed by atoms with Crippen molar-refractivity contribution in [3.8, 4) is 23.8 Å². The molecule has 0 saturated carbocycles. The molecular formula is C20H16BrCl2N3O4. The molecule has 0 bridgehead atoms. The predicted molar refractivity (Wildman–Crippen MR) is 120 cm³/mol. The molecule has 156 valence electrons. The van der Waals surface area contributed by atoms with Gasteiger partial charge in [0.25, 0.3) is 0 Å². The Kier molecular flexibility index (Phi) is 8.99. The van der Waals surface area contributed by atoms with E-state index in [9.17, 15) is 9.59 Å². The Morgan fingerprint density at radius 2 is 2.00 bits per heavy atom. The maximum atomic E-state index is 12.0. The second-order valence-electron chi connectivity index (χ2n) is 5.67. The van der Waals surface area contributed by atoms with Gasteiger partial charge in [0.05, 0.1) is 27.8 Å². The molecule has 0 radical (unpaired) electrons. The van der Waals surface area contributed by atoms with Crippen molar-refractivity contribution in [2.45, 2.75) is 6.42 Å². The Bertz CT molecular complexity index is 1020. The SMILES string of the molecule is C#CCOc1c(Br)cc(C=NNC(=O)CC(=O)Nc2ccc(Cl)c(Cl)c2)cc1OC. The topological polar surface area (TPSA) is 89.0 Å². The van der Waals surface area contributed by atoms with Crippen LogP contribution in [0.15, 0.2) is 39.9 Å².